The normalized spacial score (nSPS) is 11.6. The summed E-state index contributed by atoms with van der Waals surface area (Å²) in [6, 6.07) is 7.90. The number of benzene rings is 1. The molecular weight excluding hydrogens is 360 g/mol. The van der Waals surface area contributed by atoms with Crippen LogP contribution in [0.1, 0.15) is 36.8 Å². The summed E-state index contributed by atoms with van der Waals surface area (Å²) >= 11 is 0. The highest BCUT2D eigenvalue weighted by molar-refractivity contribution is 6.04. The Balaban J connectivity index is 2.04. The highest BCUT2D eigenvalue weighted by atomic mass is 16.3. The van der Waals surface area contributed by atoms with Crippen molar-refractivity contribution in [2.75, 3.05) is 5.32 Å². The summed E-state index contributed by atoms with van der Waals surface area (Å²) in [4.78, 5) is 41.2. The van der Waals surface area contributed by atoms with Gasteiger partial charge in [-0.2, -0.15) is 0 Å². The van der Waals surface area contributed by atoms with E-state index in [0.29, 0.717) is 0 Å². The molecule has 1 amide bonds. The van der Waals surface area contributed by atoms with Gasteiger partial charge in [-0.15, -0.1) is 0 Å². The van der Waals surface area contributed by atoms with Crippen molar-refractivity contribution in [3.8, 4) is 5.75 Å². The van der Waals surface area contributed by atoms with Crippen molar-refractivity contribution < 1.29 is 9.90 Å². The molecule has 0 saturated carbocycles. The van der Waals surface area contributed by atoms with Gasteiger partial charge < -0.3 is 10.4 Å². The van der Waals surface area contributed by atoms with Gasteiger partial charge >= 0.3 is 5.69 Å². The van der Waals surface area contributed by atoms with Crippen molar-refractivity contribution in [3.63, 3.8) is 0 Å². The number of aryl methyl sites for hydroxylation is 1. The molecule has 8 heteroatoms. The summed E-state index contributed by atoms with van der Waals surface area (Å²) in [5.74, 6) is -0.625. The molecule has 2 heterocycles. The van der Waals surface area contributed by atoms with Gasteiger partial charge in [0.25, 0.3) is 11.5 Å². The Morgan fingerprint density at radius 1 is 1.07 bits per heavy atom. The Morgan fingerprint density at radius 3 is 2.39 bits per heavy atom. The first-order chi connectivity index (χ1) is 13.0. The number of phenolic OH excluding ortho intramolecular Hbond substituents is 1. The van der Waals surface area contributed by atoms with E-state index in [-0.39, 0.29) is 33.6 Å². The van der Waals surface area contributed by atoms with E-state index in [4.69, 9.17) is 0 Å². The van der Waals surface area contributed by atoms with E-state index in [1.165, 1.54) is 36.9 Å². The van der Waals surface area contributed by atoms with Crippen molar-refractivity contribution in [2.45, 2.75) is 26.2 Å². The first kappa shape index (κ1) is 19.3. The Morgan fingerprint density at radius 2 is 1.75 bits per heavy atom. The Kier molecular flexibility index (Phi) is 4.58. The lowest BCUT2D eigenvalue weighted by Gasteiger charge is -2.20. The number of amides is 1. The third kappa shape index (κ3) is 3.28. The second-order valence-electron chi connectivity index (χ2n) is 7.71. The third-order valence-corrected chi connectivity index (χ3v) is 4.65. The van der Waals surface area contributed by atoms with E-state index < -0.39 is 17.2 Å². The number of pyridine rings is 1. The lowest BCUT2D eigenvalue weighted by molar-refractivity contribution is 0.102. The van der Waals surface area contributed by atoms with Gasteiger partial charge in [0, 0.05) is 14.1 Å². The van der Waals surface area contributed by atoms with Crippen LogP contribution in [-0.2, 0) is 19.5 Å². The van der Waals surface area contributed by atoms with Crippen molar-refractivity contribution >= 4 is 22.6 Å². The fourth-order valence-corrected chi connectivity index (χ4v) is 2.87. The molecular formula is C20H22N4O4. The van der Waals surface area contributed by atoms with Crippen LogP contribution in [0.3, 0.4) is 0 Å². The van der Waals surface area contributed by atoms with E-state index in [1.54, 1.807) is 12.1 Å². The van der Waals surface area contributed by atoms with Gasteiger partial charge in [-0.1, -0.05) is 26.8 Å². The number of fused-ring (bicyclic) bond motifs is 1. The summed E-state index contributed by atoms with van der Waals surface area (Å²) in [5.41, 5.74) is 0.179. The number of hydrogen-bond acceptors (Lipinski definition) is 5. The molecule has 3 rings (SSSR count). The summed E-state index contributed by atoms with van der Waals surface area (Å²) in [5, 5.41) is 13.0. The van der Waals surface area contributed by atoms with Crippen LogP contribution < -0.4 is 16.6 Å². The van der Waals surface area contributed by atoms with E-state index in [2.05, 4.69) is 10.3 Å². The SMILES string of the molecule is Cn1c(=O)c2ccc(C(=O)Nc3cc(C(C)(C)C)ccc3O)nc2n(C)c1=O. The molecule has 8 nitrogen and oxygen atoms in total. The Hall–Kier alpha value is -3.42. The van der Waals surface area contributed by atoms with Crippen LogP contribution in [0.25, 0.3) is 11.0 Å². The molecule has 146 valence electrons. The average Bonchev–Trinajstić information content (AvgIpc) is 2.64. The molecule has 0 saturated heterocycles. The maximum atomic E-state index is 12.7. The molecule has 0 fully saturated rings. The number of phenols is 1. The molecule has 0 aliphatic carbocycles. The van der Waals surface area contributed by atoms with Crippen LogP contribution >= 0.6 is 0 Å². The molecule has 0 atom stereocenters. The zero-order valence-corrected chi connectivity index (χ0v) is 16.4. The molecule has 0 radical (unpaired) electrons. The number of hydrogen-bond donors (Lipinski definition) is 2. The Bertz CT molecular complexity index is 1220. The highest BCUT2D eigenvalue weighted by Crippen LogP contribution is 2.30. The smallest absolute Gasteiger partial charge is 0.332 e. The number of carbonyl (C=O) groups is 1. The molecule has 2 aromatic heterocycles. The predicted octanol–water partition coefficient (Wildman–Crippen LogP) is 1.89. The van der Waals surface area contributed by atoms with Crippen LogP contribution in [0.2, 0.25) is 0 Å². The van der Waals surface area contributed by atoms with Gasteiger partial charge in [0.2, 0.25) is 0 Å². The predicted molar refractivity (Wildman–Crippen MR) is 107 cm³/mol. The van der Waals surface area contributed by atoms with Crippen LogP contribution in [0.5, 0.6) is 5.75 Å². The maximum absolute atomic E-state index is 12.7. The molecule has 0 spiro atoms. The minimum Gasteiger partial charge on any atom is -0.506 e. The number of nitrogens with one attached hydrogen (secondary N) is 1. The van der Waals surface area contributed by atoms with E-state index in [0.717, 1.165) is 10.1 Å². The van der Waals surface area contributed by atoms with Crippen molar-refractivity contribution in [3.05, 3.63) is 62.4 Å². The number of carbonyl (C=O) groups excluding carboxylic acids is 1. The quantitative estimate of drug-likeness (QED) is 0.659. The lowest BCUT2D eigenvalue weighted by Crippen LogP contribution is -2.37. The van der Waals surface area contributed by atoms with Gasteiger partial charge in [-0.25, -0.2) is 9.78 Å². The third-order valence-electron chi connectivity index (χ3n) is 4.65. The monoisotopic (exact) mass is 382 g/mol. The summed E-state index contributed by atoms with van der Waals surface area (Å²) in [7, 11) is 2.87. The first-order valence-corrected chi connectivity index (χ1v) is 8.72. The molecule has 0 aliphatic rings. The number of nitrogens with zero attached hydrogens (tertiary/aromatic N) is 3. The van der Waals surface area contributed by atoms with Crippen LogP contribution in [0.4, 0.5) is 5.69 Å². The zero-order chi connectivity index (χ0) is 20.8. The standard InChI is InChI=1S/C20H22N4O4/c1-20(2,3)11-6-9-15(25)14(10-11)22-17(26)13-8-7-12-16(21-13)23(4)19(28)24(5)18(12)27/h6-10,25H,1-5H3,(H,22,26). The van der Waals surface area contributed by atoms with Crippen molar-refractivity contribution in [1.29, 1.82) is 0 Å². The molecule has 0 aliphatic heterocycles. The number of aromatic hydroxyl groups is 1. The van der Waals surface area contributed by atoms with Gasteiger partial charge in [0.05, 0.1) is 11.1 Å². The zero-order valence-electron chi connectivity index (χ0n) is 16.4. The first-order valence-electron chi connectivity index (χ1n) is 8.72. The summed E-state index contributed by atoms with van der Waals surface area (Å²) in [6.07, 6.45) is 0. The fraction of sp³-hybridized carbons (Fsp3) is 0.300. The lowest BCUT2D eigenvalue weighted by atomic mass is 9.87. The van der Waals surface area contributed by atoms with Gasteiger partial charge in [0.15, 0.2) is 0 Å². The molecule has 0 unspecified atom stereocenters. The van der Waals surface area contributed by atoms with E-state index in [9.17, 15) is 19.5 Å². The molecule has 28 heavy (non-hydrogen) atoms. The largest absolute Gasteiger partial charge is 0.506 e. The maximum Gasteiger partial charge on any atom is 0.332 e. The second kappa shape index (κ2) is 6.63. The number of anilines is 1. The average molecular weight is 382 g/mol. The fourth-order valence-electron chi connectivity index (χ4n) is 2.87. The molecule has 1 aromatic carbocycles. The van der Waals surface area contributed by atoms with Gasteiger partial charge in [-0.05, 0) is 35.2 Å². The van der Waals surface area contributed by atoms with Crippen LogP contribution in [0, 0.1) is 0 Å². The Labute approximate surface area is 161 Å². The van der Waals surface area contributed by atoms with Crippen molar-refractivity contribution in [1.82, 2.24) is 14.1 Å². The van der Waals surface area contributed by atoms with Gasteiger partial charge in [0.1, 0.15) is 17.1 Å². The van der Waals surface area contributed by atoms with Gasteiger partial charge in [-0.3, -0.25) is 18.7 Å². The number of aromatic nitrogens is 3. The van der Waals surface area contributed by atoms with Crippen LogP contribution in [-0.4, -0.2) is 25.1 Å². The highest BCUT2D eigenvalue weighted by Gasteiger charge is 2.18. The minimum absolute atomic E-state index is 0.0244. The van der Waals surface area contributed by atoms with E-state index >= 15 is 0 Å². The topological polar surface area (TPSA) is 106 Å². The van der Waals surface area contributed by atoms with Crippen LogP contribution in [0.15, 0.2) is 39.9 Å². The molecule has 3 aromatic rings. The van der Waals surface area contributed by atoms with E-state index in [1.807, 2.05) is 20.8 Å². The minimum atomic E-state index is -0.559. The second-order valence-corrected chi connectivity index (χ2v) is 7.71. The summed E-state index contributed by atoms with van der Waals surface area (Å²) < 4.78 is 2.20. The van der Waals surface area contributed by atoms with Crippen molar-refractivity contribution in [2.24, 2.45) is 14.1 Å². The summed E-state index contributed by atoms with van der Waals surface area (Å²) in [6.45, 7) is 6.07. The molecule has 2 N–H and O–H groups in total. The molecule has 0 bridgehead atoms. The number of rotatable bonds is 2.